The number of fused-ring (bicyclic) bond motifs is 1. The molecule has 1 aliphatic heterocycles. The predicted molar refractivity (Wildman–Crippen MR) is 169 cm³/mol. The van der Waals surface area contributed by atoms with Crippen LogP contribution in [-0.2, 0) is 6.54 Å². The number of imidazole rings is 1. The van der Waals surface area contributed by atoms with E-state index in [0.717, 1.165) is 63.3 Å². The molecule has 2 aromatic carbocycles. The zero-order chi connectivity index (χ0) is 30.1. The highest BCUT2D eigenvalue weighted by molar-refractivity contribution is 6.00. The van der Waals surface area contributed by atoms with Gasteiger partial charge in [-0.05, 0) is 74.7 Å². The fourth-order valence-corrected chi connectivity index (χ4v) is 5.85. The molecule has 10 nitrogen and oxygen atoms in total. The minimum absolute atomic E-state index is 0.154. The molecule has 2 aliphatic rings. The molecule has 2 aromatic heterocycles. The lowest BCUT2D eigenvalue weighted by atomic mass is 9.94. The van der Waals surface area contributed by atoms with Crippen LogP contribution in [0.3, 0.4) is 0 Å². The van der Waals surface area contributed by atoms with Crippen LogP contribution in [0.4, 0.5) is 26.4 Å². The number of nitrogens with zero attached hydrogens (tertiary/aromatic N) is 5. The molecule has 4 aromatic rings. The molecule has 0 spiro atoms. The predicted octanol–water partition coefficient (Wildman–Crippen LogP) is 4.71. The van der Waals surface area contributed by atoms with Gasteiger partial charge < -0.3 is 27.0 Å². The minimum Gasteiger partial charge on any atom is -0.382 e. The number of likely N-dealkylation sites (N-methyl/N-ethyl adjacent to an activating group) is 1. The lowest BCUT2D eigenvalue weighted by Crippen LogP contribution is -2.43. The van der Waals surface area contributed by atoms with Crippen LogP contribution in [0.15, 0.2) is 54.7 Å². The third-order valence-electron chi connectivity index (χ3n) is 8.33. The average molecular weight is 584 g/mol. The van der Waals surface area contributed by atoms with Gasteiger partial charge in [-0.15, -0.1) is 0 Å². The standard InChI is InChI=1S/C32H38FN9O/c1-20-37-29(30-31(35)36-18-28(42(20)30)22-5-7-23(34)8-6-22)26-12-11-25(17-27(26)33)39-32(43)38-24-9-3-21(4-10-24)19-41-15-13-40(2)14-16-41/h3-5,9-12,17-18,23H,6-8,13-16,19,34H2,1-2H3,(H2,35,36)(H2,38,39,43). The number of urea groups is 1. The minimum atomic E-state index is -0.529. The summed E-state index contributed by atoms with van der Waals surface area (Å²) in [4.78, 5) is 26.6. The highest BCUT2D eigenvalue weighted by Gasteiger charge is 2.22. The number of hydrogen-bond acceptors (Lipinski definition) is 7. The first-order chi connectivity index (χ1) is 20.7. The number of nitrogen functional groups attached to an aromatic ring is 1. The summed E-state index contributed by atoms with van der Waals surface area (Å²) in [6.45, 7) is 6.98. The molecule has 224 valence electrons. The zero-order valence-corrected chi connectivity index (χ0v) is 24.6. The zero-order valence-electron chi connectivity index (χ0n) is 24.6. The van der Waals surface area contributed by atoms with E-state index >= 15 is 4.39 Å². The molecule has 6 N–H and O–H groups in total. The molecule has 1 unspecified atom stereocenters. The maximum absolute atomic E-state index is 15.5. The Morgan fingerprint density at radius 2 is 1.79 bits per heavy atom. The number of aryl methyl sites for hydroxylation is 1. The molecular weight excluding hydrogens is 545 g/mol. The van der Waals surface area contributed by atoms with Gasteiger partial charge in [0.2, 0.25) is 0 Å². The molecule has 0 saturated carbocycles. The van der Waals surface area contributed by atoms with Crippen molar-refractivity contribution in [3.8, 4) is 11.3 Å². The molecule has 43 heavy (non-hydrogen) atoms. The van der Waals surface area contributed by atoms with Crippen molar-refractivity contribution in [2.24, 2.45) is 5.73 Å². The number of nitrogens with one attached hydrogen (secondary N) is 2. The molecule has 11 heteroatoms. The largest absolute Gasteiger partial charge is 0.382 e. The molecule has 1 saturated heterocycles. The van der Waals surface area contributed by atoms with Gasteiger partial charge in [-0.25, -0.2) is 19.2 Å². The van der Waals surface area contributed by atoms with Crippen molar-refractivity contribution < 1.29 is 9.18 Å². The normalized spacial score (nSPS) is 18.0. The molecule has 1 fully saturated rings. The second kappa shape index (κ2) is 12.1. The summed E-state index contributed by atoms with van der Waals surface area (Å²) in [6.07, 6.45) is 6.38. The second-order valence-electron chi connectivity index (χ2n) is 11.5. The van der Waals surface area contributed by atoms with Crippen molar-refractivity contribution in [3.63, 3.8) is 0 Å². The third-order valence-corrected chi connectivity index (χ3v) is 8.33. The van der Waals surface area contributed by atoms with Crippen LogP contribution >= 0.6 is 0 Å². The Bertz CT molecular complexity index is 1670. The number of allylic oxidation sites excluding steroid dienone is 1. The van der Waals surface area contributed by atoms with Crippen LogP contribution in [0.5, 0.6) is 0 Å². The van der Waals surface area contributed by atoms with E-state index < -0.39 is 11.8 Å². The van der Waals surface area contributed by atoms with Crippen molar-refractivity contribution in [1.82, 2.24) is 24.2 Å². The molecule has 6 rings (SSSR count). The number of amides is 2. The SMILES string of the molecule is Cc1nc(-c2ccc(NC(=O)Nc3ccc(CN4CCN(C)CC4)cc3)cc2F)c2c(N)ncc(C3=CCC(N)CC3)n12. The number of nitrogens with two attached hydrogens (primary N) is 2. The van der Waals surface area contributed by atoms with Crippen molar-refractivity contribution in [2.75, 3.05) is 49.6 Å². The van der Waals surface area contributed by atoms with E-state index in [1.54, 1.807) is 18.3 Å². The van der Waals surface area contributed by atoms with Gasteiger partial charge in [0.25, 0.3) is 0 Å². The van der Waals surface area contributed by atoms with Gasteiger partial charge in [-0.2, -0.15) is 0 Å². The fraction of sp³-hybridized carbons (Fsp3) is 0.344. The molecule has 1 aliphatic carbocycles. The molecule has 0 radical (unpaired) electrons. The van der Waals surface area contributed by atoms with Crippen LogP contribution in [-0.4, -0.2) is 69.5 Å². The van der Waals surface area contributed by atoms with E-state index in [1.807, 2.05) is 35.6 Å². The molecule has 0 bridgehead atoms. The third kappa shape index (κ3) is 6.24. The monoisotopic (exact) mass is 583 g/mol. The van der Waals surface area contributed by atoms with Crippen molar-refractivity contribution in [3.05, 3.63) is 77.6 Å². The summed E-state index contributed by atoms with van der Waals surface area (Å²) in [7, 11) is 2.14. The summed E-state index contributed by atoms with van der Waals surface area (Å²) < 4.78 is 17.5. The lowest BCUT2D eigenvalue weighted by Gasteiger charge is -2.32. The van der Waals surface area contributed by atoms with E-state index in [-0.39, 0.29) is 17.4 Å². The summed E-state index contributed by atoms with van der Waals surface area (Å²) in [5.41, 5.74) is 17.8. The Labute approximate surface area is 250 Å². The van der Waals surface area contributed by atoms with Gasteiger partial charge in [-0.3, -0.25) is 9.30 Å². The molecule has 1 atom stereocenters. The topological polar surface area (TPSA) is 130 Å². The number of piperazine rings is 1. The number of carbonyl (C=O) groups is 1. The quantitative estimate of drug-likeness (QED) is 0.259. The van der Waals surface area contributed by atoms with Gasteiger partial charge in [0, 0.05) is 55.7 Å². The number of rotatable bonds is 6. The highest BCUT2D eigenvalue weighted by atomic mass is 19.1. The van der Waals surface area contributed by atoms with Crippen LogP contribution in [0.2, 0.25) is 0 Å². The fourth-order valence-electron chi connectivity index (χ4n) is 5.85. The lowest BCUT2D eigenvalue weighted by molar-refractivity contribution is 0.148. The smallest absolute Gasteiger partial charge is 0.323 e. The number of anilines is 3. The average Bonchev–Trinajstić information content (AvgIpc) is 3.34. The highest BCUT2D eigenvalue weighted by Crippen LogP contribution is 2.35. The van der Waals surface area contributed by atoms with Gasteiger partial charge >= 0.3 is 6.03 Å². The maximum atomic E-state index is 15.5. The Morgan fingerprint density at radius 3 is 2.49 bits per heavy atom. The Hall–Kier alpha value is -4.32. The van der Waals surface area contributed by atoms with E-state index in [1.165, 1.54) is 11.6 Å². The van der Waals surface area contributed by atoms with Crippen molar-refractivity contribution in [2.45, 2.75) is 38.8 Å². The van der Waals surface area contributed by atoms with Crippen molar-refractivity contribution >= 4 is 34.3 Å². The van der Waals surface area contributed by atoms with Gasteiger partial charge in [0.15, 0.2) is 0 Å². The van der Waals surface area contributed by atoms with Crippen LogP contribution in [0, 0.1) is 12.7 Å². The molecule has 2 amide bonds. The van der Waals surface area contributed by atoms with Gasteiger partial charge in [0.05, 0.1) is 11.9 Å². The van der Waals surface area contributed by atoms with Crippen LogP contribution in [0.1, 0.15) is 36.3 Å². The summed E-state index contributed by atoms with van der Waals surface area (Å²) in [5, 5.41) is 5.54. The number of benzene rings is 2. The van der Waals surface area contributed by atoms with E-state index in [4.69, 9.17) is 16.5 Å². The van der Waals surface area contributed by atoms with Crippen LogP contribution < -0.4 is 22.1 Å². The number of hydrogen-bond donors (Lipinski definition) is 4. The second-order valence-corrected chi connectivity index (χ2v) is 11.5. The van der Waals surface area contributed by atoms with E-state index in [9.17, 15) is 4.79 Å². The first-order valence-electron chi connectivity index (χ1n) is 14.7. The Morgan fingerprint density at radius 1 is 1.07 bits per heavy atom. The number of carbonyl (C=O) groups excluding carboxylic acids is 1. The summed E-state index contributed by atoms with van der Waals surface area (Å²) in [6, 6.07) is 12.0. The van der Waals surface area contributed by atoms with Gasteiger partial charge in [0.1, 0.15) is 28.7 Å². The maximum Gasteiger partial charge on any atom is 0.323 e. The first kappa shape index (κ1) is 28.8. The molecular formula is C32H38FN9O. The number of aromatic nitrogens is 3. The van der Waals surface area contributed by atoms with E-state index in [2.05, 4.69) is 38.5 Å². The van der Waals surface area contributed by atoms with Crippen molar-refractivity contribution in [1.29, 1.82) is 0 Å². The Kier molecular flexibility index (Phi) is 8.11. The first-order valence-corrected chi connectivity index (χ1v) is 14.7. The summed E-state index contributed by atoms with van der Waals surface area (Å²) in [5.74, 6) is 0.419. The van der Waals surface area contributed by atoms with Gasteiger partial charge in [-0.1, -0.05) is 18.2 Å². The van der Waals surface area contributed by atoms with E-state index in [0.29, 0.717) is 28.4 Å². The molecule has 3 heterocycles. The van der Waals surface area contributed by atoms with Crippen LogP contribution in [0.25, 0.3) is 22.3 Å². The summed E-state index contributed by atoms with van der Waals surface area (Å²) >= 11 is 0. The Balaban J connectivity index is 1.15. The number of halogens is 1.